The standard InChI is InChI=1S/C18H18N2O3/c1-2-22-18(21)20-19-15-12-17(13-8-4-3-5-9-13)23-16-11-7-6-10-14(15)16/h3-11,17H,2,12H2,1H3,(H,20,21)/b19-15-. The average molecular weight is 310 g/mol. The maximum atomic E-state index is 11.5. The molecule has 0 bridgehead atoms. The topological polar surface area (TPSA) is 59.9 Å². The van der Waals surface area contributed by atoms with Gasteiger partial charge in [0.05, 0.1) is 12.3 Å². The second-order valence-corrected chi connectivity index (χ2v) is 5.11. The predicted octanol–water partition coefficient (Wildman–Crippen LogP) is 3.66. The molecule has 0 aromatic heterocycles. The molecule has 1 amide bonds. The first-order valence-corrected chi connectivity index (χ1v) is 7.58. The molecular formula is C18H18N2O3. The number of nitrogens with zero attached hydrogens (tertiary/aromatic N) is 1. The molecule has 1 unspecified atom stereocenters. The molecule has 1 aliphatic rings. The molecule has 3 rings (SSSR count). The Morgan fingerprint density at radius 2 is 1.96 bits per heavy atom. The van der Waals surface area contributed by atoms with Crippen LogP contribution in [-0.4, -0.2) is 18.4 Å². The number of amides is 1. The van der Waals surface area contributed by atoms with Crippen LogP contribution in [0.4, 0.5) is 4.79 Å². The van der Waals surface area contributed by atoms with Gasteiger partial charge in [-0.05, 0) is 24.6 Å². The van der Waals surface area contributed by atoms with Crippen molar-refractivity contribution in [2.24, 2.45) is 5.10 Å². The van der Waals surface area contributed by atoms with E-state index in [1.54, 1.807) is 6.92 Å². The molecule has 0 aliphatic carbocycles. The van der Waals surface area contributed by atoms with Crippen molar-refractivity contribution in [1.82, 2.24) is 5.43 Å². The van der Waals surface area contributed by atoms with Crippen LogP contribution >= 0.6 is 0 Å². The summed E-state index contributed by atoms with van der Waals surface area (Å²) in [6.45, 7) is 2.06. The Bertz CT molecular complexity index is 713. The molecule has 0 fully saturated rings. The quantitative estimate of drug-likeness (QED) is 0.880. The van der Waals surface area contributed by atoms with Crippen LogP contribution in [0.25, 0.3) is 0 Å². The first-order valence-electron chi connectivity index (χ1n) is 7.58. The molecule has 1 atom stereocenters. The molecular weight excluding hydrogens is 292 g/mol. The van der Waals surface area contributed by atoms with Crippen LogP contribution in [0, 0.1) is 0 Å². The Morgan fingerprint density at radius 1 is 1.22 bits per heavy atom. The summed E-state index contributed by atoms with van der Waals surface area (Å²) in [5.74, 6) is 0.761. The molecule has 0 saturated carbocycles. The van der Waals surface area contributed by atoms with Gasteiger partial charge >= 0.3 is 6.09 Å². The number of hydrogen-bond donors (Lipinski definition) is 1. The van der Waals surface area contributed by atoms with Crippen molar-refractivity contribution in [2.45, 2.75) is 19.4 Å². The fourth-order valence-electron chi connectivity index (χ4n) is 2.52. The summed E-state index contributed by atoms with van der Waals surface area (Å²) in [6.07, 6.45) is -0.109. The average Bonchev–Trinajstić information content (AvgIpc) is 2.60. The molecule has 2 aromatic carbocycles. The van der Waals surface area contributed by atoms with Crippen LogP contribution in [0.1, 0.15) is 30.6 Å². The Hall–Kier alpha value is -2.82. The molecule has 0 saturated heterocycles. The number of carbonyl (C=O) groups is 1. The monoisotopic (exact) mass is 310 g/mol. The van der Waals surface area contributed by atoms with E-state index in [1.807, 2.05) is 54.6 Å². The third-order valence-electron chi connectivity index (χ3n) is 3.57. The number of fused-ring (bicyclic) bond motifs is 1. The highest BCUT2D eigenvalue weighted by Gasteiger charge is 2.26. The lowest BCUT2D eigenvalue weighted by molar-refractivity contribution is 0.152. The number of rotatable bonds is 3. The van der Waals surface area contributed by atoms with E-state index in [2.05, 4.69) is 10.5 Å². The maximum absolute atomic E-state index is 11.5. The molecule has 0 radical (unpaired) electrons. The molecule has 5 nitrogen and oxygen atoms in total. The van der Waals surface area contributed by atoms with Gasteiger partial charge in [-0.1, -0.05) is 42.5 Å². The van der Waals surface area contributed by atoms with Crippen molar-refractivity contribution in [3.63, 3.8) is 0 Å². The second kappa shape index (κ2) is 6.96. The minimum absolute atomic E-state index is 0.131. The van der Waals surface area contributed by atoms with Crippen LogP contribution < -0.4 is 10.2 Å². The number of ether oxygens (including phenoxy) is 2. The maximum Gasteiger partial charge on any atom is 0.427 e. The van der Waals surface area contributed by atoms with Crippen molar-refractivity contribution in [1.29, 1.82) is 0 Å². The zero-order chi connectivity index (χ0) is 16.1. The highest BCUT2D eigenvalue weighted by Crippen LogP contribution is 2.34. The molecule has 1 N–H and O–H groups in total. The summed E-state index contributed by atoms with van der Waals surface area (Å²) >= 11 is 0. The van der Waals surface area contributed by atoms with Gasteiger partial charge in [0.2, 0.25) is 0 Å². The van der Waals surface area contributed by atoms with Crippen LogP contribution in [0.3, 0.4) is 0 Å². The fraction of sp³-hybridized carbons (Fsp3) is 0.222. The van der Waals surface area contributed by atoms with Crippen LogP contribution in [-0.2, 0) is 4.74 Å². The van der Waals surface area contributed by atoms with Crippen LogP contribution in [0.5, 0.6) is 5.75 Å². The zero-order valence-electron chi connectivity index (χ0n) is 12.9. The summed E-state index contributed by atoms with van der Waals surface area (Å²) < 4.78 is 10.9. The molecule has 1 heterocycles. The lowest BCUT2D eigenvalue weighted by Gasteiger charge is -2.27. The number of hydrogen-bond acceptors (Lipinski definition) is 4. The van der Waals surface area contributed by atoms with Crippen molar-refractivity contribution in [3.05, 3.63) is 65.7 Å². The van der Waals surface area contributed by atoms with E-state index in [1.165, 1.54) is 0 Å². The van der Waals surface area contributed by atoms with Gasteiger partial charge in [0.15, 0.2) is 0 Å². The minimum atomic E-state index is -0.555. The highest BCUT2D eigenvalue weighted by molar-refractivity contribution is 6.04. The van der Waals surface area contributed by atoms with E-state index < -0.39 is 6.09 Å². The summed E-state index contributed by atoms with van der Waals surface area (Å²) in [5.41, 5.74) is 5.17. The molecule has 118 valence electrons. The normalized spacial score (nSPS) is 18.0. The van der Waals surface area contributed by atoms with Crippen molar-refractivity contribution in [3.8, 4) is 5.75 Å². The lowest BCUT2D eigenvalue weighted by Crippen LogP contribution is -2.25. The minimum Gasteiger partial charge on any atom is -0.485 e. The van der Waals surface area contributed by atoms with Gasteiger partial charge in [0.1, 0.15) is 11.9 Å². The summed E-state index contributed by atoms with van der Waals surface area (Å²) in [6, 6.07) is 17.7. The van der Waals surface area contributed by atoms with Crippen molar-refractivity contribution < 1.29 is 14.3 Å². The molecule has 2 aromatic rings. The SMILES string of the molecule is CCOC(=O)N/N=C1/CC(c2ccccc2)Oc2ccccc21. The number of hydrazone groups is 1. The highest BCUT2D eigenvalue weighted by atomic mass is 16.5. The summed E-state index contributed by atoms with van der Waals surface area (Å²) in [5, 5.41) is 4.23. The van der Waals surface area contributed by atoms with Crippen LogP contribution in [0.15, 0.2) is 59.7 Å². The van der Waals surface area contributed by atoms with E-state index >= 15 is 0 Å². The fourth-order valence-corrected chi connectivity index (χ4v) is 2.52. The molecule has 23 heavy (non-hydrogen) atoms. The van der Waals surface area contributed by atoms with E-state index in [-0.39, 0.29) is 6.10 Å². The Labute approximate surface area is 134 Å². The largest absolute Gasteiger partial charge is 0.485 e. The zero-order valence-corrected chi connectivity index (χ0v) is 12.9. The van der Waals surface area contributed by atoms with Gasteiger partial charge in [0, 0.05) is 12.0 Å². The number of para-hydroxylation sites is 1. The Kier molecular flexibility index (Phi) is 4.57. The predicted molar refractivity (Wildman–Crippen MR) is 87.6 cm³/mol. The molecule has 0 spiro atoms. The first kappa shape index (κ1) is 15.1. The number of benzene rings is 2. The van der Waals surface area contributed by atoms with Gasteiger partial charge < -0.3 is 9.47 Å². The van der Waals surface area contributed by atoms with Crippen LogP contribution in [0.2, 0.25) is 0 Å². The summed E-state index contributed by atoms with van der Waals surface area (Å²) in [7, 11) is 0. The smallest absolute Gasteiger partial charge is 0.427 e. The Balaban J connectivity index is 1.88. The van der Waals surface area contributed by atoms with Gasteiger partial charge in [-0.3, -0.25) is 0 Å². The second-order valence-electron chi connectivity index (χ2n) is 5.11. The number of carbonyl (C=O) groups excluding carboxylic acids is 1. The first-order chi connectivity index (χ1) is 11.3. The third-order valence-corrected chi connectivity index (χ3v) is 3.57. The Morgan fingerprint density at radius 3 is 2.74 bits per heavy atom. The summed E-state index contributed by atoms with van der Waals surface area (Å²) in [4.78, 5) is 11.5. The van der Waals surface area contributed by atoms with E-state index in [9.17, 15) is 4.79 Å². The van der Waals surface area contributed by atoms with Gasteiger partial charge in [-0.15, -0.1) is 0 Å². The molecule has 5 heteroatoms. The van der Waals surface area contributed by atoms with Crippen molar-refractivity contribution >= 4 is 11.8 Å². The lowest BCUT2D eigenvalue weighted by atomic mass is 9.96. The van der Waals surface area contributed by atoms with E-state index in [0.717, 1.165) is 22.6 Å². The molecule has 1 aliphatic heterocycles. The van der Waals surface area contributed by atoms with Crippen molar-refractivity contribution in [2.75, 3.05) is 6.61 Å². The van der Waals surface area contributed by atoms with E-state index in [0.29, 0.717) is 13.0 Å². The third kappa shape index (κ3) is 3.51. The van der Waals surface area contributed by atoms with E-state index in [4.69, 9.17) is 9.47 Å². The van der Waals surface area contributed by atoms with Gasteiger partial charge in [-0.25, -0.2) is 10.2 Å². The number of nitrogens with one attached hydrogen (secondary N) is 1. The van der Waals surface area contributed by atoms with Gasteiger partial charge in [0.25, 0.3) is 0 Å². The van der Waals surface area contributed by atoms with Gasteiger partial charge in [-0.2, -0.15) is 5.10 Å².